The van der Waals surface area contributed by atoms with Crippen LogP contribution in [0.5, 0.6) is 0 Å². The molecule has 1 aliphatic heterocycles. The summed E-state index contributed by atoms with van der Waals surface area (Å²) < 4.78 is 31.8. The lowest BCUT2D eigenvalue weighted by Crippen LogP contribution is -2.35. The number of nitrogens with one attached hydrogen (secondary N) is 1. The SMILES string of the molecule is CCN(CC)S(=O)(=O)c1ccc(NCc2ccc(CN3CCOCC3)cc2)nc1. The normalized spacial score (nSPS) is 15.6. The molecule has 0 radical (unpaired) electrons. The van der Waals surface area contributed by atoms with Crippen LogP contribution in [0.15, 0.2) is 47.5 Å². The molecule has 7 nitrogen and oxygen atoms in total. The number of ether oxygens (including phenoxy) is 1. The van der Waals surface area contributed by atoms with Gasteiger partial charge in [-0.05, 0) is 23.3 Å². The molecule has 0 saturated carbocycles. The average molecular weight is 419 g/mol. The Morgan fingerprint density at radius 2 is 1.69 bits per heavy atom. The number of nitrogens with zero attached hydrogens (tertiary/aromatic N) is 3. The summed E-state index contributed by atoms with van der Waals surface area (Å²) in [5.74, 6) is 0.654. The first-order valence-electron chi connectivity index (χ1n) is 10.1. The number of benzene rings is 1. The number of morpholine rings is 1. The van der Waals surface area contributed by atoms with Crippen LogP contribution in [0.4, 0.5) is 5.82 Å². The molecule has 1 aliphatic rings. The van der Waals surface area contributed by atoms with Gasteiger partial charge in [-0.25, -0.2) is 13.4 Å². The minimum absolute atomic E-state index is 0.221. The highest BCUT2D eigenvalue weighted by molar-refractivity contribution is 7.89. The first kappa shape index (κ1) is 21.7. The van der Waals surface area contributed by atoms with Gasteiger partial charge in [0.05, 0.1) is 13.2 Å². The van der Waals surface area contributed by atoms with Gasteiger partial charge in [0.15, 0.2) is 0 Å². The maximum absolute atomic E-state index is 12.5. The summed E-state index contributed by atoms with van der Waals surface area (Å²) in [6.45, 7) is 9.71. The van der Waals surface area contributed by atoms with Gasteiger partial charge >= 0.3 is 0 Å². The standard InChI is InChI=1S/C21H30N4O3S/c1-3-25(4-2)29(26,27)20-9-10-21(23-16-20)22-15-18-5-7-19(8-6-18)17-24-11-13-28-14-12-24/h5-10,16H,3-4,11-15,17H2,1-2H3,(H,22,23). The van der Waals surface area contributed by atoms with Gasteiger partial charge in [0.2, 0.25) is 10.0 Å². The number of pyridine rings is 1. The van der Waals surface area contributed by atoms with Crippen LogP contribution in [-0.2, 0) is 27.8 Å². The van der Waals surface area contributed by atoms with Gasteiger partial charge in [0, 0.05) is 45.5 Å². The minimum atomic E-state index is -3.47. The van der Waals surface area contributed by atoms with Crippen molar-refractivity contribution in [1.82, 2.24) is 14.2 Å². The third-order valence-electron chi connectivity index (χ3n) is 5.09. The van der Waals surface area contributed by atoms with E-state index in [9.17, 15) is 8.42 Å². The summed E-state index contributed by atoms with van der Waals surface area (Å²) in [6, 6.07) is 11.8. The maximum Gasteiger partial charge on any atom is 0.244 e. The van der Waals surface area contributed by atoms with Crippen molar-refractivity contribution in [2.75, 3.05) is 44.7 Å². The van der Waals surface area contributed by atoms with E-state index in [0.717, 1.165) is 38.4 Å². The van der Waals surface area contributed by atoms with E-state index in [1.807, 2.05) is 13.8 Å². The van der Waals surface area contributed by atoms with E-state index >= 15 is 0 Å². The molecule has 2 aromatic rings. The van der Waals surface area contributed by atoms with Crippen LogP contribution in [0.3, 0.4) is 0 Å². The lowest BCUT2D eigenvalue weighted by molar-refractivity contribution is 0.0342. The first-order chi connectivity index (χ1) is 14.0. The molecule has 2 heterocycles. The van der Waals surface area contributed by atoms with E-state index in [2.05, 4.69) is 39.5 Å². The van der Waals surface area contributed by atoms with Gasteiger partial charge in [-0.1, -0.05) is 38.1 Å². The van der Waals surface area contributed by atoms with Crippen molar-refractivity contribution in [2.24, 2.45) is 0 Å². The van der Waals surface area contributed by atoms with Gasteiger partial charge in [-0.15, -0.1) is 0 Å². The summed E-state index contributed by atoms with van der Waals surface area (Å²) in [6.07, 6.45) is 1.42. The molecule has 8 heteroatoms. The van der Waals surface area contributed by atoms with Gasteiger partial charge in [-0.3, -0.25) is 4.90 Å². The van der Waals surface area contributed by atoms with E-state index < -0.39 is 10.0 Å². The number of hydrogen-bond acceptors (Lipinski definition) is 6. The Morgan fingerprint density at radius 1 is 1.03 bits per heavy atom. The molecular formula is C21H30N4O3S. The molecule has 158 valence electrons. The smallest absolute Gasteiger partial charge is 0.244 e. The van der Waals surface area contributed by atoms with E-state index in [1.165, 1.54) is 16.1 Å². The first-order valence-corrected chi connectivity index (χ1v) is 11.5. The number of anilines is 1. The molecule has 1 aromatic heterocycles. The fourth-order valence-corrected chi connectivity index (χ4v) is 4.73. The molecule has 0 amide bonds. The zero-order valence-corrected chi connectivity index (χ0v) is 18.0. The predicted molar refractivity (Wildman–Crippen MR) is 114 cm³/mol. The Kier molecular flexibility index (Phi) is 7.60. The molecule has 0 bridgehead atoms. The molecule has 29 heavy (non-hydrogen) atoms. The van der Waals surface area contributed by atoms with E-state index in [0.29, 0.717) is 25.5 Å². The highest BCUT2D eigenvalue weighted by Gasteiger charge is 2.21. The van der Waals surface area contributed by atoms with Gasteiger partial charge < -0.3 is 10.1 Å². The molecule has 0 spiro atoms. The summed E-state index contributed by atoms with van der Waals surface area (Å²) in [5.41, 5.74) is 2.44. The van der Waals surface area contributed by atoms with Crippen LogP contribution in [0.25, 0.3) is 0 Å². The molecular weight excluding hydrogens is 388 g/mol. The van der Waals surface area contributed by atoms with Crippen LogP contribution in [0.2, 0.25) is 0 Å². The summed E-state index contributed by atoms with van der Waals surface area (Å²) in [5, 5.41) is 3.25. The lowest BCUT2D eigenvalue weighted by atomic mass is 10.1. The van der Waals surface area contributed by atoms with Crippen LogP contribution in [0, 0.1) is 0 Å². The van der Waals surface area contributed by atoms with Gasteiger partial charge in [0.1, 0.15) is 10.7 Å². The zero-order valence-electron chi connectivity index (χ0n) is 17.2. The third kappa shape index (κ3) is 5.76. The molecule has 0 unspecified atom stereocenters. The molecule has 0 aliphatic carbocycles. The van der Waals surface area contributed by atoms with Crippen molar-refractivity contribution in [3.05, 3.63) is 53.7 Å². The largest absolute Gasteiger partial charge is 0.379 e. The van der Waals surface area contributed by atoms with Crippen molar-refractivity contribution < 1.29 is 13.2 Å². The van der Waals surface area contributed by atoms with Crippen LogP contribution in [-0.4, -0.2) is 62.0 Å². The molecule has 1 fully saturated rings. The number of rotatable bonds is 9. The van der Waals surface area contributed by atoms with Crippen molar-refractivity contribution in [3.63, 3.8) is 0 Å². The molecule has 3 rings (SSSR count). The summed E-state index contributed by atoms with van der Waals surface area (Å²) in [4.78, 5) is 6.89. The number of aromatic nitrogens is 1. The number of hydrogen-bond donors (Lipinski definition) is 1. The molecule has 1 N–H and O–H groups in total. The summed E-state index contributed by atoms with van der Waals surface area (Å²) in [7, 11) is -3.47. The van der Waals surface area contributed by atoms with Crippen LogP contribution < -0.4 is 5.32 Å². The van der Waals surface area contributed by atoms with Gasteiger partial charge in [0.25, 0.3) is 0 Å². The Balaban J connectivity index is 1.54. The highest BCUT2D eigenvalue weighted by atomic mass is 32.2. The second-order valence-corrected chi connectivity index (χ2v) is 8.96. The maximum atomic E-state index is 12.5. The van der Waals surface area contributed by atoms with E-state index in [4.69, 9.17) is 4.74 Å². The Morgan fingerprint density at radius 3 is 2.28 bits per heavy atom. The van der Waals surface area contributed by atoms with Crippen molar-refractivity contribution in [1.29, 1.82) is 0 Å². The van der Waals surface area contributed by atoms with E-state index in [1.54, 1.807) is 12.1 Å². The van der Waals surface area contributed by atoms with E-state index in [-0.39, 0.29) is 4.90 Å². The third-order valence-corrected chi connectivity index (χ3v) is 7.12. The van der Waals surface area contributed by atoms with Crippen molar-refractivity contribution in [3.8, 4) is 0 Å². The second-order valence-electron chi connectivity index (χ2n) is 7.03. The highest BCUT2D eigenvalue weighted by Crippen LogP contribution is 2.17. The van der Waals surface area contributed by atoms with Crippen LogP contribution >= 0.6 is 0 Å². The molecule has 1 saturated heterocycles. The quantitative estimate of drug-likeness (QED) is 0.675. The van der Waals surface area contributed by atoms with Crippen molar-refractivity contribution >= 4 is 15.8 Å². The second kappa shape index (κ2) is 10.2. The Hall–Kier alpha value is -2.00. The topological polar surface area (TPSA) is 74.8 Å². The predicted octanol–water partition coefficient (Wildman–Crippen LogP) is 2.56. The van der Waals surface area contributed by atoms with Crippen LogP contribution in [0.1, 0.15) is 25.0 Å². The fourth-order valence-electron chi connectivity index (χ4n) is 3.32. The summed E-state index contributed by atoms with van der Waals surface area (Å²) >= 11 is 0. The fraction of sp³-hybridized carbons (Fsp3) is 0.476. The lowest BCUT2D eigenvalue weighted by Gasteiger charge is -2.26. The average Bonchev–Trinajstić information content (AvgIpc) is 2.75. The minimum Gasteiger partial charge on any atom is -0.379 e. The Bertz CT molecular complexity index is 860. The van der Waals surface area contributed by atoms with Crippen molar-refractivity contribution in [2.45, 2.75) is 31.8 Å². The Labute approximate surface area is 173 Å². The molecule has 1 aromatic carbocycles. The number of sulfonamides is 1. The monoisotopic (exact) mass is 418 g/mol. The van der Waals surface area contributed by atoms with Gasteiger partial charge in [-0.2, -0.15) is 4.31 Å². The molecule has 0 atom stereocenters. The zero-order chi connectivity index (χ0) is 20.7.